The number of carbonyl (C=O) groups is 1. The lowest BCUT2D eigenvalue weighted by Gasteiger charge is -2.08. The molecule has 0 aliphatic rings. The molecule has 2 aromatic rings. The van der Waals surface area contributed by atoms with Crippen LogP contribution in [-0.4, -0.2) is 23.5 Å². The fourth-order valence-electron chi connectivity index (χ4n) is 2.29. The number of ether oxygens (including phenoxy) is 1. The first-order valence-corrected chi connectivity index (χ1v) is 8.44. The Kier molecular flexibility index (Phi) is 7.01. The fourth-order valence-corrected chi connectivity index (χ4v) is 2.29. The van der Waals surface area contributed by atoms with Gasteiger partial charge >= 0.3 is 0 Å². The third-order valence-corrected chi connectivity index (χ3v) is 3.49. The number of hydrogen-bond acceptors (Lipinski definition) is 4. The molecule has 0 unspecified atom stereocenters. The van der Waals surface area contributed by atoms with Gasteiger partial charge in [0.1, 0.15) is 5.75 Å². The van der Waals surface area contributed by atoms with E-state index in [-0.39, 0.29) is 11.9 Å². The van der Waals surface area contributed by atoms with E-state index in [4.69, 9.17) is 4.74 Å². The van der Waals surface area contributed by atoms with Gasteiger partial charge in [-0.15, -0.1) is 0 Å². The molecule has 0 aliphatic carbocycles. The number of aromatic nitrogens is 1. The lowest BCUT2D eigenvalue weighted by Crippen LogP contribution is -2.28. The smallest absolute Gasteiger partial charge is 0.217 e. The molecule has 2 N–H and O–H groups in total. The number of rotatable bonds is 8. The molecule has 1 aromatic carbocycles. The molecule has 132 valence electrons. The third kappa shape index (κ3) is 6.67. The van der Waals surface area contributed by atoms with Gasteiger partial charge in [-0.2, -0.15) is 0 Å². The fraction of sp³-hybridized carbons (Fsp3) is 0.300. The van der Waals surface area contributed by atoms with Gasteiger partial charge in [-0.25, -0.2) is 0 Å². The molecule has 5 nitrogen and oxygen atoms in total. The van der Waals surface area contributed by atoms with Crippen LogP contribution in [0, 0.1) is 0 Å². The number of anilines is 1. The maximum Gasteiger partial charge on any atom is 0.217 e. The van der Waals surface area contributed by atoms with Crippen LogP contribution in [-0.2, 0) is 11.3 Å². The van der Waals surface area contributed by atoms with Crippen molar-refractivity contribution in [2.75, 3.05) is 11.9 Å². The largest absolute Gasteiger partial charge is 0.494 e. The molecule has 1 amide bonds. The monoisotopic (exact) mass is 339 g/mol. The molecule has 0 saturated carbocycles. The first-order valence-electron chi connectivity index (χ1n) is 8.44. The van der Waals surface area contributed by atoms with Crippen LogP contribution in [0.15, 0.2) is 48.7 Å². The highest BCUT2D eigenvalue weighted by atomic mass is 16.5. The normalized spacial score (nSPS) is 12.0. The van der Waals surface area contributed by atoms with Crippen LogP contribution < -0.4 is 15.4 Å². The Morgan fingerprint density at radius 2 is 2.00 bits per heavy atom. The molecule has 0 aliphatic heterocycles. The number of benzene rings is 1. The van der Waals surface area contributed by atoms with Crippen LogP contribution in [0.4, 0.5) is 5.69 Å². The maximum absolute atomic E-state index is 11.0. The minimum Gasteiger partial charge on any atom is -0.494 e. The summed E-state index contributed by atoms with van der Waals surface area (Å²) in [7, 11) is 0. The van der Waals surface area contributed by atoms with Gasteiger partial charge in [0.05, 0.1) is 18.8 Å². The summed E-state index contributed by atoms with van der Waals surface area (Å²) in [5.74, 6) is 0.835. The van der Waals surface area contributed by atoms with Crippen molar-refractivity contribution in [2.24, 2.45) is 0 Å². The summed E-state index contributed by atoms with van der Waals surface area (Å²) in [6, 6.07) is 11.9. The molecular formula is C20H25N3O2. The summed E-state index contributed by atoms with van der Waals surface area (Å²) >= 11 is 0. The standard InChI is InChI=1S/C20H25N3O2/c1-4-25-20-11-9-18(10-12-20)22-14-19-8-7-17(13-21-19)6-5-15(2)23-16(3)24/h5-13,15,22H,4,14H2,1-3H3,(H,23,24)/b6-5+/t15-/m0/s1. The van der Waals surface area contributed by atoms with Crippen molar-refractivity contribution in [1.82, 2.24) is 10.3 Å². The molecule has 0 radical (unpaired) electrons. The molecule has 2 rings (SSSR count). The number of carbonyl (C=O) groups excluding carboxylic acids is 1. The Morgan fingerprint density at radius 3 is 2.60 bits per heavy atom. The van der Waals surface area contributed by atoms with Crippen LogP contribution in [0.3, 0.4) is 0 Å². The Labute approximate surface area is 149 Å². The predicted octanol–water partition coefficient (Wildman–Crippen LogP) is 3.63. The van der Waals surface area contributed by atoms with Gasteiger partial charge < -0.3 is 15.4 Å². The zero-order valence-electron chi connectivity index (χ0n) is 15.0. The minimum atomic E-state index is -0.0361. The van der Waals surface area contributed by atoms with Crippen molar-refractivity contribution < 1.29 is 9.53 Å². The predicted molar refractivity (Wildman–Crippen MR) is 101 cm³/mol. The molecule has 0 fully saturated rings. The highest BCUT2D eigenvalue weighted by molar-refractivity contribution is 5.73. The van der Waals surface area contributed by atoms with E-state index >= 15 is 0 Å². The van der Waals surface area contributed by atoms with Crippen LogP contribution in [0.5, 0.6) is 5.75 Å². The van der Waals surface area contributed by atoms with Crippen molar-refractivity contribution >= 4 is 17.7 Å². The molecular weight excluding hydrogens is 314 g/mol. The summed E-state index contributed by atoms with van der Waals surface area (Å²) < 4.78 is 5.43. The van der Waals surface area contributed by atoms with E-state index < -0.39 is 0 Å². The molecule has 0 bridgehead atoms. The second-order valence-corrected chi connectivity index (χ2v) is 5.74. The SMILES string of the molecule is CCOc1ccc(NCc2ccc(/C=C/[C@H](C)NC(C)=O)cn2)cc1. The summed E-state index contributed by atoms with van der Waals surface area (Å²) in [6.07, 6.45) is 5.72. The van der Waals surface area contributed by atoms with Gasteiger partial charge in [-0.1, -0.05) is 18.2 Å². The van der Waals surface area contributed by atoms with Crippen LogP contribution >= 0.6 is 0 Å². The Bertz CT molecular complexity index is 694. The van der Waals surface area contributed by atoms with Gasteiger partial charge in [0.25, 0.3) is 0 Å². The molecule has 1 heterocycles. The van der Waals surface area contributed by atoms with E-state index in [9.17, 15) is 4.79 Å². The average molecular weight is 339 g/mol. The van der Waals surface area contributed by atoms with Crippen molar-refractivity contribution in [3.05, 3.63) is 59.9 Å². The summed E-state index contributed by atoms with van der Waals surface area (Å²) in [5.41, 5.74) is 2.99. The summed E-state index contributed by atoms with van der Waals surface area (Å²) in [4.78, 5) is 15.4. The van der Waals surface area contributed by atoms with E-state index in [1.165, 1.54) is 6.92 Å². The van der Waals surface area contributed by atoms with Gasteiger partial charge in [0.15, 0.2) is 0 Å². The average Bonchev–Trinajstić information content (AvgIpc) is 2.60. The molecule has 0 saturated heterocycles. The van der Waals surface area contributed by atoms with E-state index in [1.807, 2.05) is 68.6 Å². The van der Waals surface area contributed by atoms with Crippen LogP contribution in [0.25, 0.3) is 6.08 Å². The molecule has 0 spiro atoms. The first kappa shape index (κ1) is 18.5. The number of nitrogens with one attached hydrogen (secondary N) is 2. The molecule has 25 heavy (non-hydrogen) atoms. The van der Waals surface area contributed by atoms with Crippen molar-refractivity contribution in [2.45, 2.75) is 33.4 Å². The first-order chi connectivity index (χ1) is 12.1. The maximum atomic E-state index is 11.0. The highest BCUT2D eigenvalue weighted by Gasteiger charge is 1.99. The number of hydrogen-bond donors (Lipinski definition) is 2. The van der Waals surface area contributed by atoms with Crippen molar-refractivity contribution in [1.29, 1.82) is 0 Å². The lowest BCUT2D eigenvalue weighted by atomic mass is 10.2. The van der Waals surface area contributed by atoms with Crippen LogP contribution in [0.1, 0.15) is 32.0 Å². The Balaban J connectivity index is 1.85. The van der Waals surface area contributed by atoms with E-state index in [0.29, 0.717) is 13.2 Å². The molecule has 5 heteroatoms. The zero-order chi connectivity index (χ0) is 18.1. The lowest BCUT2D eigenvalue weighted by molar-refractivity contribution is -0.119. The summed E-state index contributed by atoms with van der Waals surface area (Å²) in [6.45, 7) is 6.73. The van der Waals surface area contributed by atoms with Crippen molar-refractivity contribution in [3.8, 4) is 5.75 Å². The topological polar surface area (TPSA) is 63.2 Å². The number of pyridine rings is 1. The van der Waals surface area contributed by atoms with Crippen molar-refractivity contribution in [3.63, 3.8) is 0 Å². The third-order valence-electron chi connectivity index (χ3n) is 3.49. The Morgan fingerprint density at radius 1 is 1.24 bits per heavy atom. The van der Waals surface area contributed by atoms with E-state index in [2.05, 4.69) is 15.6 Å². The van der Waals surface area contributed by atoms with Gasteiger partial charge in [-0.3, -0.25) is 9.78 Å². The van der Waals surface area contributed by atoms with Gasteiger partial charge in [0, 0.05) is 24.8 Å². The number of amides is 1. The summed E-state index contributed by atoms with van der Waals surface area (Å²) in [5, 5.41) is 6.15. The Hall–Kier alpha value is -2.82. The second kappa shape index (κ2) is 9.47. The molecule has 1 aromatic heterocycles. The minimum absolute atomic E-state index is 0.00139. The van der Waals surface area contributed by atoms with Gasteiger partial charge in [0.2, 0.25) is 5.91 Å². The second-order valence-electron chi connectivity index (χ2n) is 5.74. The number of nitrogens with zero attached hydrogens (tertiary/aromatic N) is 1. The zero-order valence-corrected chi connectivity index (χ0v) is 15.0. The quantitative estimate of drug-likeness (QED) is 0.771. The van der Waals surface area contributed by atoms with E-state index in [1.54, 1.807) is 0 Å². The highest BCUT2D eigenvalue weighted by Crippen LogP contribution is 2.16. The van der Waals surface area contributed by atoms with Gasteiger partial charge in [-0.05, 0) is 49.7 Å². The molecule has 1 atom stereocenters. The van der Waals surface area contributed by atoms with E-state index in [0.717, 1.165) is 22.7 Å². The van der Waals surface area contributed by atoms with Crippen LogP contribution in [0.2, 0.25) is 0 Å².